The number of benzene rings is 2. The SMILES string of the molecule is COc1cc(NCCN(C)C)c2c(c1)C(=O)c1cc(C)cc(OC)c1C2=O. The van der Waals surface area contributed by atoms with Crippen LogP contribution >= 0.6 is 0 Å². The number of nitrogens with one attached hydrogen (secondary N) is 1. The minimum absolute atomic E-state index is 0.198. The van der Waals surface area contributed by atoms with Gasteiger partial charge in [-0.2, -0.15) is 0 Å². The molecule has 27 heavy (non-hydrogen) atoms. The summed E-state index contributed by atoms with van der Waals surface area (Å²) in [5.74, 6) is 0.539. The van der Waals surface area contributed by atoms with Gasteiger partial charge in [0.05, 0.1) is 25.3 Å². The number of likely N-dealkylation sites (N-methyl/N-ethyl adjacent to an activating group) is 1. The van der Waals surface area contributed by atoms with E-state index in [0.717, 1.165) is 12.1 Å². The minimum Gasteiger partial charge on any atom is -0.497 e. The van der Waals surface area contributed by atoms with Gasteiger partial charge in [-0.25, -0.2) is 0 Å². The Kier molecular flexibility index (Phi) is 5.19. The number of hydrogen-bond acceptors (Lipinski definition) is 6. The van der Waals surface area contributed by atoms with Gasteiger partial charge in [0.15, 0.2) is 11.6 Å². The molecule has 0 bridgehead atoms. The third kappa shape index (κ3) is 3.40. The normalized spacial score (nSPS) is 12.7. The van der Waals surface area contributed by atoms with Crippen LogP contribution < -0.4 is 14.8 Å². The van der Waals surface area contributed by atoms with E-state index in [1.54, 1.807) is 31.4 Å². The van der Waals surface area contributed by atoms with Gasteiger partial charge in [0.1, 0.15) is 11.5 Å². The Bertz CT molecular complexity index is 919. The molecule has 0 saturated heterocycles. The van der Waals surface area contributed by atoms with Gasteiger partial charge in [0.2, 0.25) is 0 Å². The van der Waals surface area contributed by atoms with Crippen molar-refractivity contribution >= 4 is 17.3 Å². The highest BCUT2D eigenvalue weighted by molar-refractivity contribution is 6.31. The number of carbonyl (C=O) groups is 2. The first-order valence-electron chi connectivity index (χ1n) is 8.76. The molecule has 0 heterocycles. The van der Waals surface area contributed by atoms with Crippen molar-refractivity contribution in [2.45, 2.75) is 6.92 Å². The minimum atomic E-state index is -0.216. The molecule has 1 aliphatic carbocycles. The fourth-order valence-corrected chi connectivity index (χ4v) is 3.31. The van der Waals surface area contributed by atoms with E-state index in [1.165, 1.54) is 7.11 Å². The second-order valence-corrected chi connectivity index (χ2v) is 6.88. The van der Waals surface area contributed by atoms with Crippen molar-refractivity contribution in [1.82, 2.24) is 4.90 Å². The van der Waals surface area contributed by atoms with Crippen LogP contribution in [0, 0.1) is 6.92 Å². The Balaban J connectivity index is 2.17. The van der Waals surface area contributed by atoms with Crippen LogP contribution in [0.2, 0.25) is 0 Å². The van der Waals surface area contributed by atoms with Crippen LogP contribution in [0.1, 0.15) is 37.4 Å². The molecule has 0 spiro atoms. The quantitative estimate of drug-likeness (QED) is 0.722. The summed E-state index contributed by atoms with van der Waals surface area (Å²) in [7, 11) is 7.00. The van der Waals surface area contributed by atoms with E-state index >= 15 is 0 Å². The number of carbonyl (C=O) groups excluding carboxylic acids is 2. The van der Waals surface area contributed by atoms with Crippen molar-refractivity contribution < 1.29 is 19.1 Å². The van der Waals surface area contributed by atoms with E-state index in [2.05, 4.69) is 5.32 Å². The Labute approximate surface area is 159 Å². The van der Waals surface area contributed by atoms with Gasteiger partial charge in [-0.15, -0.1) is 0 Å². The number of hydrogen-bond donors (Lipinski definition) is 1. The predicted octanol–water partition coefficient (Wildman–Crippen LogP) is 2.76. The second kappa shape index (κ2) is 7.40. The van der Waals surface area contributed by atoms with Crippen LogP contribution in [0.25, 0.3) is 0 Å². The number of ether oxygens (including phenoxy) is 2. The zero-order chi connectivity index (χ0) is 19.7. The van der Waals surface area contributed by atoms with E-state index in [-0.39, 0.29) is 11.6 Å². The molecule has 0 radical (unpaired) electrons. The highest BCUT2D eigenvalue weighted by atomic mass is 16.5. The van der Waals surface area contributed by atoms with E-state index in [0.29, 0.717) is 46.0 Å². The molecule has 0 aliphatic heterocycles. The fraction of sp³-hybridized carbons (Fsp3) is 0.333. The van der Waals surface area contributed by atoms with Gasteiger partial charge in [0, 0.05) is 36.0 Å². The van der Waals surface area contributed by atoms with Gasteiger partial charge in [0.25, 0.3) is 0 Å². The van der Waals surface area contributed by atoms with Gasteiger partial charge >= 0.3 is 0 Å². The molecule has 6 heteroatoms. The highest BCUT2D eigenvalue weighted by Crippen LogP contribution is 2.39. The zero-order valence-electron chi connectivity index (χ0n) is 16.3. The number of fused-ring (bicyclic) bond motifs is 2. The molecule has 0 saturated carbocycles. The van der Waals surface area contributed by atoms with Gasteiger partial charge < -0.3 is 19.7 Å². The molecule has 1 aliphatic rings. The summed E-state index contributed by atoms with van der Waals surface area (Å²) in [6.07, 6.45) is 0. The lowest BCUT2D eigenvalue weighted by atomic mass is 9.81. The van der Waals surface area contributed by atoms with Crippen molar-refractivity contribution in [3.63, 3.8) is 0 Å². The first-order valence-corrected chi connectivity index (χ1v) is 8.76. The topological polar surface area (TPSA) is 67.9 Å². The van der Waals surface area contributed by atoms with E-state index in [1.807, 2.05) is 25.9 Å². The Hall–Kier alpha value is -2.86. The molecule has 0 amide bonds. The van der Waals surface area contributed by atoms with Crippen molar-refractivity contribution in [3.8, 4) is 11.5 Å². The molecule has 0 fully saturated rings. The van der Waals surface area contributed by atoms with Crippen molar-refractivity contribution in [2.75, 3.05) is 46.7 Å². The molecule has 0 aromatic heterocycles. The third-order valence-electron chi connectivity index (χ3n) is 4.63. The largest absolute Gasteiger partial charge is 0.497 e. The van der Waals surface area contributed by atoms with E-state index < -0.39 is 0 Å². The summed E-state index contributed by atoms with van der Waals surface area (Å²) in [6, 6.07) is 6.90. The van der Waals surface area contributed by atoms with Crippen LogP contribution in [-0.4, -0.2) is 57.9 Å². The van der Waals surface area contributed by atoms with Crippen LogP contribution in [0.3, 0.4) is 0 Å². The molecule has 2 aromatic carbocycles. The van der Waals surface area contributed by atoms with Crippen LogP contribution in [0.15, 0.2) is 24.3 Å². The smallest absolute Gasteiger partial charge is 0.200 e. The number of ketones is 2. The molecular weight excluding hydrogens is 344 g/mol. The third-order valence-corrected chi connectivity index (χ3v) is 4.63. The molecule has 1 N–H and O–H groups in total. The Morgan fingerprint density at radius 2 is 1.63 bits per heavy atom. The monoisotopic (exact) mass is 368 g/mol. The summed E-state index contributed by atoms with van der Waals surface area (Å²) < 4.78 is 10.7. The molecule has 142 valence electrons. The lowest BCUT2D eigenvalue weighted by molar-refractivity contribution is 0.0976. The number of anilines is 1. The molecule has 0 unspecified atom stereocenters. The number of rotatable bonds is 6. The molecular formula is C21H24N2O4. The molecule has 0 atom stereocenters. The molecule has 6 nitrogen and oxygen atoms in total. The standard InChI is InChI=1S/C21H24N2O4/c1-12-8-14-19(17(9-12)27-5)21(25)18-15(20(14)24)10-13(26-4)11-16(18)22-6-7-23(2)3/h8-11,22H,6-7H2,1-5H3. The Morgan fingerprint density at radius 3 is 2.26 bits per heavy atom. The second-order valence-electron chi connectivity index (χ2n) is 6.88. The maximum atomic E-state index is 13.3. The van der Waals surface area contributed by atoms with Gasteiger partial charge in [-0.05, 0) is 44.8 Å². The van der Waals surface area contributed by atoms with E-state index in [4.69, 9.17) is 9.47 Å². The average molecular weight is 368 g/mol. The van der Waals surface area contributed by atoms with Crippen molar-refractivity contribution in [2.24, 2.45) is 0 Å². The maximum Gasteiger partial charge on any atom is 0.200 e. The number of aryl methyl sites for hydroxylation is 1. The number of nitrogens with zero attached hydrogens (tertiary/aromatic N) is 1. The first-order chi connectivity index (χ1) is 12.9. The number of methoxy groups -OCH3 is 2. The predicted molar refractivity (Wildman–Crippen MR) is 105 cm³/mol. The molecule has 2 aromatic rings. The zero-order valence-corrected chi connectivity index (χ0v) is 16.3. The summed E-state index contributed by atoms with van der Waals surface area (Å²) in [5, 5.41) is 3.27. The average Bonchev–Trinajstić information content (AvgIpc) is 2.64. The first kappa shape index (κ1) is 18.9. The molecule has 3 rings (SSSR count). The maximum absolute atomic E-state index is 13.3. The van der Waals surface area contributed by atoms with Gasteiger partial charge in [-0.3, -0.25) is 9.59 Å². The van der Waals surface area contributed by atoms with Crippen LogP contribution in [0.5, 0.6) is 11.5 Å². The summed E-state index contributed by atoms with van der Waals surface area (Å²) in [5.41, 5.74) is 2.87. The van der Waals surface area contributed by atoms with Crippen LogP contribution in [-0.2, 0) is 0 Å². The van der Waals surface area contributed by atoms with Crippen LogP contribution in [0.4, 0.5) is 5.69 Å². The lowest BCUT2D eigenvalue weighted by Crippen LogP contribution is -2.26. The van der Waals surface area contributed by atoms with E-state index in [9.17, 15) is 9.59 Å². The van der Waals surface area contributed by atoms with Crippen molar-refractivity contribution in [3.05, 3.63) is 52.1 Å². The summed E-state index contributed by atoms with van der Waals surface area (Å²) >= 11 is 0. The lowest BCUT2D eigenvalue weighted by Gasteiger charge is -2.24. The Morgan fingerprint density at radius 1 is 0.926 bits per heavy atom. The fourth-order valence-electron chi connectivity index (χ4n) is 3.31. The summed E-state index contributed by atoms with van der Waals surface area (Å²) in [6.45, 7) is 3.29. The van der Waals surface area contributed by atoms with Crippen molar-refractivity contribution in [1.29, 1.82) is 0 Å². The summed E-state index contributed by atoms with van der Waals surface area (Å²) in [4.78, 5) is 28.6. The highest BCUT2D eigenvalue weighted by Gasteiger charge is 2.35. The van der Waals surface area contributed by atoms with Gasteiger partial charge in [-0.1, -0.05) is 0 Å².